The second-order valence-electron chi connectivity index (χ2n) is 4.94. The molecule has 1 aromatic heterocycles. The van der Waals surface area contributed by atoms with Crippen LogP contribution in [-0.2, 0) is 16.1 Å². The lowest BCUT2D eigenvalue weighted by Crippen LogP contribution is -2.24. The van der Waals surface area contributed by atoms with Crippen molar-refractivity contribution in [2.24, 2.45) is 0 Å². The van der Waals surface area contributed by atoms with Crippen molar-refractivity contribution in [1.29, 1.82) is 0 Å². The van der Waals surface area contributed by atoms with Gasteiger partial charge in [0.2, 0.25) is 0 Å². The monoisotopic (exact) mass is 360 g/mol. The molecule has 1 heterocycles. The summed E-state index contributed by atoms with van der Waals surface area (Å²) in [6.07, 6.45) is 4.14. The molecule has 0 saturated carbocycles. The Morgan fingerprint density at radius 2 is 2.04 bits per heavy atom. The van der Waals surface area contributed by atoms with E-state index in [0.29, 0.717) is 11.1 Å². The van der Waals surface area contributed by atoms with Crippen LogP contribution < -0.4 is 5.32 Å². The molecule has 7 heteroatoms. The Kier molecular flexibility index (Phi) is 6.98. The summed E-state index contributed by atoms with van der Waals surface area (Å²) in [6, 6.07) is 10.9. The predicted octanol–water partition coefficient (Wildman–Crippen LogP) is 3.46. The van der Waals surface area contributed by atoms with Crippen molar-refractivity contribution in [3.63, 3.8) is 0 Å². The number of hydrogen-bond acceptors (Lipinski definition) is 5. The van der Waals surface area contributed by atoms with Gasteiger partial charge in [-0.3, -0.25) is 0 Å². The first-order chi connectivity index (χ1) is 12.1. The van der Waals surface area contributed by atoms with Gasteiger partial charge in [-0.2, -0.15) is 0 Å². The van der Waals surface area contributed by atoms with Gasteiger partial charge in [-0.15, -0.1) is 0 Å². The highest BCUT2D eigenvalue weighted by atomic mass is 35.5. The summed E-state index contributed by atoms with van der Waals surface area (Å²) in [7, 11) is 1.29. The number of aromatic nitrogens is 1. The van der Waals surface area contributed by atoms with E-state index in [1.165, 1.54) is 13.3 Å². The lowest BCUT2D eigenvalue weighted by molar-refractivity contribution is 0.0600. The van der Waals surface area contributed by atoms with Crippen LogP contribution in [0.25, 0.3) is 6.08 Å². The third kappa shape index (κ3) is 5.93. The lowest BCUT2D eigenvalue weighted by Gasteiger charge is -2.05. The quantitative estimate of drug-likeness (QED) is 0.630. The molecular weight excluding hydrogens is 344 g/mol. The summed E-state index contributed by atoms with van der Waals surface area (Å²) in [6.45, 7) is 0.444. The van der Waals surface area contributed by atoms with Gasteiger partial charge < -0.3 is 14.8 Å². The van der Waals surface area contributed by atoms with E-state index in [1.54, 1.807) is 18.2 Å². The van der Waals surface area contributed by atoms with E-state index in [-0.39, 0.29) is 18.3 Å². The molecule has 0 spiro atoms. The van der Waals surface area contributed by atoms with Gasteiger partial charge in [-0.25, -0.2) is 14.6 Å². The maximum absolute atomic E-state index is 11.6. The molecule has 1 amide bonds. The number of nitrogens with one attached hydrogen (secondary N) is 1. The first-order valence-electron chi connectivity index (χ1n) is 7.45. The molecule has 2 rings (SSSR count). The average molecular weight is 361 g/mol. The summed E-state index contributed by atoms with van der Waals surface area (Å²) < 4.78 is 9.72. The minimum Gasteiger partial charge on any atom is -0.465 e. The predicted molar refractivity (Wildman–Crippen MR) is 94.3 cm³/mol. The molecule has 1 N–H and O–H groups in total. The summed E-state index contributed by atoms with van der Waals surface area (Å²) in [4.78, 5) is 27.0. The summed E-state index contributed by atoms with van der Waals surface area (Å²) in [5.74, 6) is -0.499. The fourth-order valence-corrected chi connectivity index (χ4v) is 2.08. The minimum atomic E-state index is -0.527. The van der Waals surface area contributed by atoms with Crippen LogP contribution in [0.4, 0.5) is 4.79 Å². The van der Waals surface area contributed by atoms with E-state index in [1.807, 2.05) is 30.3 Å². The molecule has 1 aromatic carbocycles. The number of ether oxygens (including phenoxy) is 2. The number of hydrogen-bond donors (Lipinski definition) is 1. The molecule has 0 saturated heterocycles. The van der Waals surface area contributed by atoms with E-state index in [4.69, 9.17) is 16.3 Å². The Hall–Kier alpha value is -2.86. The zero-order valence-corrected chi connectivity index (χ0v) is 14.3. The van der Waals surface area contributed by atoms with Gasteiger partial charge in [0.15, 0.2) is 0 Å². The number of carbonyl (C=O) groups is 2. The van der Waals surface area contributed by atoms with Gasteiger partial charge >= 0.3 is 12.1 Å². The first kappa shape index (κ1) is 18.5. The Balaban J connectivity index is 1.82. The number of methoxy groups -OCH3 is 1. The van der Waals surface area contributed by atoms with Crippen LogP contribution >= 0.6 is 11.6 Å². The van der Waals surface area contributed by atoms with Crippen LogP contribution in [0.3, 0.4) is 0 Å². The molecule has 0 unspecified atom stereocenters. The minimum absolute atomic E-state index is 0.202. The number of halogens is 1. The van der Waals surface area contributed by atoms with Crippen molar-refractivity contribution in [2.75, 3.05) is 13.7 Å². The standard InChI is InChI=1S/C18H17ClN2O4/c1-24-17(22)15-10-14(16(19)21-11-15)8-5-9-20-18(23)25-12-13-6-3-2-4-7-13/h2-8,10-11H,9,12H2,1H3,(H,20,23). The van der Waals surface area contributed by atoms with Gasteiger partial charge in [-0.1, -0.05) is 54.1 Å². The van der Waals surface area contributed by atoms with Crippen molar-refractivity contribution >= 4 is 29.7 Å². The number of benzene rings is 1. The maximum atomic E-state index is 11.6. The van der Waals surface area contributed by atoms with E-state index in [9.17, 15) is 9.59 Å². The molecule has 25 heavy (non-hydrogen) atoms. The Bertz CT molecular complexity index is 763. The summed E-state index contributed by atoms with van der Waals surface area (Å²) in [5, 5.41) is 2.83. The molecular formula is C18H17ClN2O4. The van der Waals surface area contributed by atoms with Crippen LogP contribution in [-0.4, -0.2) is 30.7 Å². The van der Waals surface area contributed by atoms with Crippen LogP contribution in [0.15, 0.2) is 48.7 Å². The zero-order valence-electron chi connectivity index (χ0n) is 13.6. The van der Waals surface area contributed by atoms with Crippen molar-refractivity contribution in [2.45, 2.75) is 6.61 Å². The Morgan fingerprint density at radius 1 is 1.28 bits per heavy atom. The fourth-order valence-electron chi connectivity index (χ4n) is 1.91. The molecule has 0 aliphatic carbocycles. The second-order valence-corrected chi connectivity index (χ2v) is 5.30. The summed E-state index contributed by atoms with van der Waals surface area (Å²) >= 11 is 5.98. The number of nitrogens with zero attached hydrogens (tertiary/aromatic N) is 1. The topological polar surface area (TPSA) is 77.5 Å². The van der Waals surface area contributed by atoms with Crippen molar-refractivity contribution < 1.29 is 19.1 Å². The average Bonchev–Trinajstić information content (AvgIpc) is 2.65. The van der Waals surface area contributed by atoms with Crippen LogP contribution in [0.1, 0.15) is 21.5 Å². The fraction of sp³-hybridized carbons (Fsp3) is 0.167. The van der Waals surface area contributed by atoms with Gasteiger partial charge in [0.05, 0.1) is 12.7 Å². The van der Waals surface area contributed by atoms with Crippen LogP contribution in [0.5, 0.6) is 0 Å². The molecule has 0 bridgehead atoms. The maximum Gasteiger partial charge on any atom is 0.407 e. The smallest absolute Gasteiger partial charge is 0.407 e. The highest BCUT2D eigenvalue weighted by Gasteiger charge is 2.08. The molecule has 0 atom stereocenters. The van der Waals surface area contributed by atoms with Gasteiger partial charge in [0.25, 0.3) is 0 Å². The van der Waals surface area contributed by atoms with Crippen molar-refractivity contribution in [1.82, 2.24) is 10.3 Å². The van der Waals surface area contributed by atoms with E-state index < -0.39 is 12.1 Å². The highest BCUT2D eigenvalue weighted by Crippen LogP contribution is 2.16. The van der Waals surface area contributed by atoms with E-state index in [2.05, 4.69) is 15.0 Å². The number of alkyl carbamates (subject to hydrolysis) is 1. The lowest BCUT2D eigenvalue weighted by atomic mass is 10.2. The molecule has 6 nitrogen and oxygen atoms in total. The second kappa shape index (κ2) is 9.44. The molecule has 0 radical (unpaired) electrons. The Morgan fingerprint density at radius 3 is 2.76 bits per heavy atom. The third-order valence-corrected chi connectivity index (χ3v) is 3.48. The number of rotatable bonds is 6. The Labute approximate surface area is 150 Å². The zero-order chi connectivity index (χ0) is 18.1. The largest absolute Gasteiger partial charge is 0.465 e. The van der Waals surface area contributed by atoms with E-state index in [0.717, 1.165) is 5.56 Å². The SMILES string of the molecule is COC(=O)c1cnc(Cl)c(C=CCNC(=O)OCc2ccccc2)c1. The third-order valence-electron chi connectivity index (χ3n) is 3.16. The number of amides is 1. The van der Waals surface area contributed by atoms with Crippen molar-refractivity contribution in [3.05, 3.63) is 70.5 Å². The first-order valence-corrected chi connectivity index (χ1v) is 7.83. The number of carbonyl (C=O) groups excluding carboxylic acids is 2. The number of pyridine rings is 1. The summed E-state index contributed by atoms with van der Waals surface area (Å²) in [5.41, 5.74) is 1.75. The molecule has 130 valence electrons. The van der Waals surface area contributed by atoms with E-state index >= 15 is 0 Å². The van der Waals surface area contributed by atoms with Crippen LogP contribution in [0.2, 0.25) is 5.15 Å². The normalized spacial score (nSPS) is 10.5. The molecule has 0 aliphatic heterocycles. The van der Waals surface area contributed by atoms with Crippen LogP contribution in [0, 0.1) is 0 Å². The molecule has 0 aliphatic rings. The van der Waals surface area contributed by atoms with Gasteiger partial charge in [0.1, 0.15) is 11.8 Å². The van der Waals surface area contributed by atoms with Gasteiger partial charge in [0, 0.05) is 18.3 Å². The molecule has 0 fully saturated rings. The van der Waals surface area contributed by atoms with Gasteiger partial charge in [-0.05, 0) is 11.6 Å². The highest BCUT2D eigenvalue weighted by molar-refractivity contribution is 6.30. The number of esters is 1. The van der Waals surface area contributed by atoms with Crippen molar-refractivity contribution in [3.8, 4) is 0 Å². The molecule has 2 aromatic rings.